The Morgan fingerprint density at radius 2 is 1.59 bits per heavy atom. The normalized spacial score (nSPS) is 42.4. The predicted molar refractivity (Wildman–Crippen MR) is 75.1 cm³/mol. The van der Waals surface area contributed by atoms with Gasteiger partial charge in [-0.25, -0.2) is 0 Å². The highest BCUT2D eigenvalue weighted by Gasteiger charge is 2.31. The van der Waals surface area contributed by atoms with Crippen molar-refractivity contribution in [3.8, 4) is 0 Å². The predicted octanol–water partition coefficient (Wildman–Crippen LogP) is 4.37. The average Bonchev–Trinajstić information content (AvgIpc) is 2.13. The third-order valence-corrected chi connectivity index (χ3v) is 4.86. The topological polar surface area (TPSA) is 12.0 Å². The van der Waals surface area contributed by atoms with Gasteiger partial charge in [-0.15, -0.1) is 0 Å². The van der Waals surface area contributed by atoms with Crippen LogP contribution in [0.25, 0.3) is 0 Å². The van der Waals surface area contributed by atoms with E-state index in [9.17, 15) is 0 Å². The Morgan fingerprint density at radius 1 is 0.941 bits per heavy atom. The molecular formula is C16H31N. The molecule has 100 valence electrons. The van der Waals surface area contributed by atoms with E-state index in [2.05, 4.69) is 33.0 Å². The molecule has 2 aliphatic rings. The Bertz CT molecular complexity index is 236. The van der Waals surface area contributed by atoms with Crippen molar-refractivity contribution < 1.29 is 0 Å². The van der Waals surface area contributed by atoms with Crippen molar-refractivity contribution >= 4 is 0 Å². The molecule has 2 fully saturated rings. The minimum atomic E-state index is 0.571. The molecule has 0 aromatic heterocycles. The third-order valence-electron chi connectivity index (χ3n) is 4.86. The van der Waals surface area contributed by atoms with Crippen LogP contribution in [0.5, 0.6) is 0 Å². The van der Waals surface area contributed by atoms with Crippen LogP contribution in [-0.4, -0.2) is 12.1 Å². The first-order chi connectivity index (χ1) is 7.94. The molecule has 0 aliphatic heterocycles. The van der Waals surface area contributed by atoms with E-state index in [0.29, 0.717) is 5.41 Å². The second kappa shape index (κ2) is 5.30. The summed E-state index contributed by atoms with van der Waals surface area (Å²) in [5.41, 5.74) is 0.571. The van der Waals surface area contributed by atoms with Gasteiger partial charge in [-0.3, -0.25) is 0 Å². The van der Waals surface area contributed by atoms with Gasteiger partial charge < -0.3 is 5.32 Å². The zero-order chi connectivity index (χ0) is 12.5. The van der Waals surface area contributed by atoms with Gasteiger partial charge in [-0.1, -0.05) is 34.1 Å². The van der Waals surface area contributed by atoms with Crippen molar-refractivity contribution in [3.05, 3.63) is 0 Å². The standard InChI is InChI=1S/C16H31N/c1-12-8-13(2)10-15(9-12)17-14-6-5-7-16(3,4)11-14/h12-15,17H,5-11H2,1-4H3. The molecule has 2 saturated carbocycles. The van der Waals surface area contributed by atoms with Gasteiger partial charge in [0.05, 0.1) is 0 Å². The molecule has 2 rings (SSSR count). The van der Waals surface area contributed by atoms with Crippen molar-refractivity contribution in [1.82, 2.24) is 5.32 Å². The minimum absolute atomic E-state index is 0.571. The van der Waals surface area contributed by atoms with Crippen molar-refractivity contribution in [1.29, 1.82) is 0 Å². The fourth-order valence-corrected chi connectivity index (χ4v) is 4.26. The summed E-state index contributed by atoms with van der Waals surface area (Å²) in [6.45, 7) is 9.73. The molecule has 3 atom stereocenters. The Morgan fingerprint density at radius 3 is 2.18 bits per heavy atom. The van der Waals surface area contributed by atoms with Crippen molar-refractivity contribution in [3.63, 3.8) is 0 Å². The summed E-state index contributed by atoms with van der Waals surface area (Å²) in [5, 5.41) is 3.97. The molecule has 1 heteroatoms. The highest BCUT2D eigenvalue weighted by molar-refractivity contribution is 4.88. The molecule has 2 aliphatic carbocycles. The van der Waals surface area contributed by atoms with Crippen LogP contribution in [0.3, 0.4) is 0 Å². The molecule has 1 nitrogen and oxygen atoms in total. The lowest BCUT2D eigenvalue weighted by Crippen LogP contribution is -2.45. The van der Waals surface area contributed by atoms with Crippen LogP contribution in [0.2, 0.25) is 0 Å². The van der Waals surface area contributed by atoms with E-state index >= 15 is 0 Å². The highest BCUT2D eigenvalue weighted by atomic mass is 15.0. The molecule has 0 aromatic carbocycles. The quantitative estimate of drug-likeness (QED) is 0.752. The van der Waals surface area contributed by atoms with Crippen LogP contribution in [0.4, 0.5) is 0 Å². The molecule has 0 radical (unpaired) electrons. The zero-order valence-electron chi connectivity index (χ0n) is 12.3. The summed E-state index contributed by atoms with van der Waals surface area (Å²) in [6, 6.07) is 1.59. The van der Waals surface area contributed by atoms with Gasteiger partial charge in [0.1, 0.15) is 0 Å². The van der Waals surface area contributed by atoms with Gasteiger partial charge in [-0.05, 0) is 55.8 Å². The number of rotatable bonds is 2. The summed E-state index contributed by atoms with van der Waals surface area (Å²) in [5.74, 6) is 1.85. The summed E-state index contributed by atoms with van der Waals surface area (Å²) in [4.78, 5) is 0. The Labute approximate surface area is 108 Å². The van der Waals surface area contributed by atoms with Crippen LogP contribution in [0, 0.1) is 17.3 Å². The Hall–Kier alpha value is -0.0400. The SMILES string of the molecule is CC1CC(C)CC(NC2CCCC(C)(C)C2)C1. The molecule has 0 bridgehead atoms. The maximum Gasteiger partial charge on any atom is 0.00747 e. The smallest absolute Gasteiger partial charge is 0.00747 e. The minimum Gasteiger partial charge on any atom is -0.311 e. The molecule has 0 amide bonds. The molecule has 0 spiro atoms. The average molecular weight is 237 g/mol. The van der Waals surface area contributed by atoms with Gasteiger partial charge in [0.25, 0.3) is 0 Å². The molecular weight excluding hydrogens is 206 g/mol. The molecule has 0 heterocycles. The van der Waals surface area contributed by atoms with E-state index in [1.165, 1.54) is 44.9 Å². The van der Waals surface area contributed by atoms with Crippen molar-refractivity contribution in [2.75, 3.05) is 0 Å². The van der Waals surface area contributed by atoms with Crippen LogP contribution >= 0.6 is 0 Å². The second-order valence-electron chi connectivity index (χ2n) is 7.74. The van der Waals surface area contributed by atoms with Gasteiger partial charge in [0.2, 0.25) is 0 Å². The van der Waals surface area contributed by atoms with E-state index in [4.69, 9.17) is 0 Å². The first-order valence-corrected chi connectivity index (χ1v) is 7.71. The number of hydrogen-bond acceptors (Lipinski definition) is 1. The van der Waals surface area contributed by atoms with Crippen LogP contribution in [0.1, 0.15) is 72.6 Å². The third kappa shape index (κ3) is 3.98. The van der Waals surface area contributed by atoms with Crippen molar-refractivity contribution in [2.24, 2.45) is 17.3 Å². The number of nitrogens with one attached hydrogen (secondary N) is 1. The fourth-order valence-electron chi connectivity index (χ4n) is 4.26. The lowest BCUT2D eigenvalue weighted by atomic mass is 9.74. The van der Waals surface area contributed by atoms with E-state index in [1.807, 2.05) is 0 Å². The van der Waals surface area contributed by atoms with Gasteiger partial charge >= 0.3 is 0 Å². The summed E-state index contributed by atoms with van der Waals surface area (Å²) in [7, 11) is 0. The van der Waals surface area contributed by atoms with E-state index in [1.54, 1.807) is 0 Å². The molecule has 0 saturated heterocycles. The van der Waals surface area contributed by atoms with Crippen LogP contribution < -0.4 is 5.32 Å². The lowest BCUT2D eigenvalue weighted by Gasteiger charge is -2.40. The molecule has 0 aromatic rings. The van der Waals surface area contributed by atoms with Crippen LogP contribution in [-0.2, 0) is 0 Å². The van der Waals surface area contributed by atoms with Gasteiger partial charge in [-0.2, -0.15) is 0 Å². The molecule has 17 heavy (non-hydrogen) atoms. The molecule has 3 unspecified atom stereocenters. The van der Waals surface area contributed by atoms with Crippen LogP contribution in [0.15, 0.2) is 0 Å². The zero-order valence-corrected chi connectivity index (χ0v) is 12.3. The fraction of sp³-hybridized carbons (Fsp3) is 1.00. The first kappa shape index (κ1) is 13.4. The van der Waals surface area contributed by atoms with E-state index in [0.717, 1.165) is 23.9 Å². The Balaban J connectivity index is 1.83. The first-order valence-electron chi connectivity index (χ1n) is 7.71. The summed E-state index contributed by atoms with van der Waals surface area (Å²) in [6.07, 6.45) is 9.87. The molecule has 1 N–H and O–H groups in total. The highest BCUT2D eigenvalue weighted by Crippen LogP contribution is 2.36. The largest absolute Gasteiger partial charge is 0.311 e. The van der Waals surface area contributed by atoms with Crippen molar-refractivity contribution in [2.45, 2.75) is 84.7 Å². The maximum absolute atomic E-state index is 3.97. The summed E-state index contributed by atoms with van der Waals surface area (Å²) < 4.78 is 0. The summed E-state index contributed by atoms with van der Waals surface area (Å²) >= 11 is 0. The number of hydrogen-bond donors (Lipinski definition) is 1. The van der Waals surface area contributed by atoms with E-state index < -0.39 is 0 Å². The maximum atomic E-state index is 3.97. The van der Waals surface area contributed by atoms with Gasteiger partial charge in [0.15, 0.2) is 0 Å². The monoisotopic (exact) mass is 237 g/mol. The van der Waals surface area contributed by atoms with Gasteiger partial charge in [0, 0.05) is 12.1 Å². The lowest BCUT2D eigenvalue weighted by molar-refractivity contribution is 0.161. The second-order valence-corrected chi connectivity index (χ2v) is 7.74. The Kier molecular flexibility index (Phi) is 4.18. The van der Waals surface area contributed by atoms with E-state index in [-0.39, 0.29) is 0 Å².